The lowest BCUT2D eigenvalue weighted by molar-refractivity contribution is 0.0281. The van der Waals surface area contributed by atoms with E-state index in [1.165, 1.54) is 0 Å². The number of nitrogens with zero attached hydrogens (tertiary/aromatic N) is 1. The molecular weight excluding hydrogens is 422 g/mol. The number of anilines is 1. The van der Waals surface area contributed by atoms with Crippen LogP contribution in [0.15, 0.2) is 42.5 Å². The van der Waals surface area contributed by atoms with Gasteiger partial charge in [0.15, 0.2) is 0 Å². The third-order valence-corrected chi connectivity index (χ3v) is 5.81. The summed E-state index contributed by atoms with van der Waals surface area (Å²) < 4.78 is 16.8. The van der Waals surface area contributed by atoms with E-state index in [0.717, 1.165) is 6.54 Å². The predicted octanol–water partition coefficient (Wildman–Crippen LogP) is 3.04. The number of amides is 2. The Balaban J connectivity index is 1.88. The van der Waals surface area contributed by atoms with Crippen LogP contribution < -0.4 is 20.1 Å². The molecular formula is C25H33N3O5. The quantitative estimate of drug-likeness (QED) is 0.737. The largest absolute Gasteiger partial charge is 0.497 e. The predicted molar refractivity (Wildman–Crippen MR) is 127 cm³/mol. The molecule has 2 N–H and O–H groups in total. The number of carbonyl (C=O) groups excluding carboxylic acids is 2. The molecule has 8 heteroatoms. The first kappa shape index (κ1) is 24.5. The number of fused-ring (bicyclic) bond motifs is 1. The number of hydrogen-bond acceptors (Lipinski definition) is 6. The fourth-order valence-electron chi connectivity index (χ4n) is 3.71. The Labute approximate surface area is 195 Å². The van der Waals surface area contributed by atoms with Crippen LogP contribution in [0.1, 0.15) is 34.6 Å². The van der Waals surface area contributed by atoms with Gasteiger partial charge in [0.2, 0.25) is 0 Å². The summed E-state index contributed by atoms with van der Waals surface area (Å²) in [6.45, 7) is 5.74. The normalized spacial score (nSPS) is 21.8. The summed E-state index contributed by atoms with van der Waals surface area (Å²) >= 11 is 0. The third kappa shape index (κ3) is 6.24. The number of benzene rings is 2. The van der Waals surface area contributed by atoms with Crippen molar-refractivity contribution in [1.29, 1.82) is 0 Å². The molecule has 0 aliphatic carbocycles. The molecule has 0 aromatic heterocycles. The molecule has 2 amide bonds. The second-order valence-electron chi connectivity index (χ2n) is 8.45. The van der Waals surface area contributed by atoms with Gasteiger partial charge in [-0.15, -0.1) is 0 Å². The van der Waals surface area contributed by atoms with Gasteiger partial charge in [-0.05, 0) is 49.2 Å². The van der Waals surface area contributed by atoms with Crippen molar-refractivity contribution < 1.29 is 23.8 Å². The first-order valence-corrected chi connectivity index (χ1v) is 11.1. The van der Waals surface area contributed by atoms with Gasteiger partial charge in [0, 0.05) is 44.5 Å². The highest BCUT2D eigenvalue weighted by atomic mass is 16.5. The number of methoxy groups -OCH3 is 2. The minimum atomic E-state index is -0.296. The van der Waals surface area contributed by atoms with Crippen LogP contribution in [0.5, 0.6) is 11.5 Å². The van der Waals surface area contributed by atoms with Crippen molar-refractivity contribution in [3.63, 3.8) is 0 Å². The summed E-state index contributed by atoms with van der Waals surface area (Å²) in [5.74, 6) is 0.783. The second kappa shape index (κ2) is 11.2. The summed E-state index contributed by atoms with van der Waals surface area (Å²) in [4.78, 5) is 27.7. The van der Waals surface area contributed by atoms with Crippen LogP contribution in [0.2, 0.25) is 0 Å². The Morgan fingerprint density at radius 2 is 1.97 bits per heavy atom. The molecule has 2 aromatic rings. The fraction of sp³-hybridized carbons (Fsp3) is 0.440. The Morgan fingerprint density at radius 1 is 1.18 bits per heavy atom. The highest BCUT2D eigenvalue weighted by Crippen LogP contribution is 2.26. The van der Waals surface area contributed by atoms with Crippen molar-refractivity contribution in [3.8, 4) is 11.5 Å². The van der Waals surface area contributed by atoms with Crippen molar-refractivity contribution in [2.24, 2.45) is 5.92 Å². The molecule has 178 valence electrons. The number of ether oxygens (including phenoxy) is 3. The lowest BCUT2D eigenvalue weighted by Gasteiger charge is -2.30. The van der Waals surface area contributed by atoms with Crippen molar-refractivity contribution in [3.05, 3.63) is 53.6 Å². The number of nitrogens with one attached hydrogen (secondary N) is 2. The zero-order valence-electron chi connectivity index (χ0n) is 19.9. The molecule has 0 bridgehead atoms. The molecule has 0 saturated carbocycles. The Bertz CT molecular complexity index is 980. The Morgan fingerprint density at radius 3 is 2.70 bits per heavy atom. The fourth-order valence-corrected chi connectivity index (χ4v) is 3.71. The van der Waals surface area contributed by atoms with Gasteiger partial charge in [0.05, 0.1) is 18.8 Å². The standard InChI is InChI=1S/C25H33N3O5/c1-16-13-26-17(2)15-33-22-10-9-19(12-21(22)25(30)28(3)14-23(16)32-5)27-24(29)18-7-6-8-20(11-18)31-4/h6-12,16-17,23,26H,13-15H2,1-5H3,(H,27,29)/t16-,17-,23+/m1/s1. The van der Waals surface area contributed by atoms with Gasteiger partial charge < -0.3 is 29.7 Å². The lowest BCUT2D eigenvalue weighted by Crippen LogP contribution is -2.44. The highest BCUT2D eigenvalue weighted by Gasteiger charge is 2.25. The summed E-state index contributed by atoms with van der Waals surface area (Å²) in [7, 11) is 4.96. The average molecular weight is 456 g/mol. The van der Waals surface area contributed by atoms with Crippen LogP contribution in [0.4, 0.5) is 5.69 Å². The number of likely N-dealkylation sites (N-methyl/N-ethyl adjacent to an activating group) is 1. The maximum atomic E-state index is 13.3. The molecule has 0 spiro atoms. The molecule has 33 heavy (non-hydrogen) atoms. The van der Waals surface area contributed by atoms with E-state index in [0.29, 0.717) is 41.5 Å². The monoisotopic (exact) mass is 455 g/mol. The van der Waals surface area contributed by atoms with Crippen LogP contribution >= 0.6 is 0 Å². The maximum Gasteiger partial charge on any atom is 0.257 e. The minimum absolute atomic E-state index is 0.0949. The zero-order valence-corrected chi connectivity index (χ0v) is 19.9. The summed E-state index contributed by atoms with van der Waals surface area (Å²) in [5.41, 5.74) is 1.34. The van der Waals surface area contributed by atoms with Crippen molar-refractivity contribution in [2.45, 2.75) is 26.0 Å². The van der Waals surface area contributed by atoms with Crippen molar-refractivity contribution in [1.82, 2.24) is 10.2 Å². The lowest BCUT2D eigenvalue weighted by atomic mass is 10.0. The zero-order chi connectivity index (χ0) is 24.0. The van der Waals surface area contributed by atoms with Crippen LogP contribution in [0.3, 0.4) is 0 Å². The van der Waals surface area contributed by atoms with E-state index in [1.54, 1.807) is 68.6 Å². The van der Waals surface area contributed by atoms with Gasteiger partial charge in [-0.1, -0.05) is 13.0 Å². The van der Waals surface area contributed by atoms with Gasteiger partial charge in [0.25, 0.3) is 11.8 Å². The smallest absolute Gasteiger partial charge is 0.257 e. The molecule has 3 atom stereocenters. The Kier molecular flexibility index (Phi) is 8.30. The summed E-state index contributed by atoms with van der Waals surface area (Å²) in [6.07, 6.45) is -0.113. The Hall–Kier alpha value is -3.10. The minimum Gasteiger partial charge on any atom is -0.497 e. The molecule has 1 aliphatic heterocycles. The van der Waals surface area contributed by atoms with E-state index in [1.807, 2.05) is 6.92 Å². The first-order valence-electron chi connectivity index (χ1n) is 11.1. The molecule has 2 aromatic carbocycles. The van der Waals surface area contributed by atoms with E-state index in [-0.39, 0.29) is 29.9 Å². The van der Waals surface area contributed by atoms with E-state index in [4.69, 9.17) is 14.2 Å². The number of carbonyl (C=O) groups is 2. The molecule has 0 fully saturated rings. The number of hydrogen-bond donors (Lipinski definition) is 2. The van der Waals surface area contributed by atoms with Crippen LogP contribution in [0, 0.1) is 5.92 Å². The summed E-state index contributed by atoms with van der Waals surface area (Å²) in [6, 6.07) is 12.1. The van der Waals surface area contributed by atoms with E-state index in [2.05, 4.69) is 17.6 Å². The molecule has 0 saturated heterocycles. The highest BCUT2D eigenvalue weighted by molar-refractivity contribution is 6.05. The molecule has 1 heterocycles. The van der Waals surface area contributed by atoms with Crippen LogP contribution in [-0.4, -0.2) is 69.8 Å². The van der Waals surface area contributed by atoms with Gasteiger partial charge >= 0.3 is 0 Å². The van der Waals surface area contributed by atoms with Crippen molar-refractivity contribution in [2.75, 3.05) is 46.3 Å². The molecule has 0 unspecified atom stereocenters. The SMILES string of the molecule is COc1cccc(C(=O)Nc2ccc3c(c2)C(=O)N(C)C[C@H](OC)[C@H](C)CN[C@H](C)CO3)c1. The molecule has 8 nitrogen and oxygen atoms in total. The van der Waals surface area contributed by atoms with E-state index in [9.17, 15) is 9.59 Å². The second-order valence-corrected chi connectivity index (χ2v) is 8.45. The van der Waals surface area contributed by atoms with Gasteiger partial charge in [0.1, 0.15) is 18.1 Å². The maximum absolute atomic E-state index is 13.3. The first-order chi connectivity index (χ1) is 15.8. The van der Waals surface area contributed by atoms with Gasteiger partial charge in [-0.3, -0.25) is 9.59 Å². The molecule has 3 rings (SSSR count). The third-order valence-electron chi connectivity index (χ3n) is 5.81. The summed E-state index contributed by atoms with van der Waals surface area (Å²) in [5, 5.41) is 6.32. The van der Waals surface area contributed by atoms with Crippen LogP contribution in [0.25, 0.3) is 0 Å². The molecule has 0 radical (unpaired) electrons. The van der Waals surface area contributed by atoms with Gasteiger partial charge in [-0.25, -0.2) is 0 Å². The topological polar surface area (TPSA) is 89.1 Å². The molecule has 1 aliphatic rings. The van der Waals surface area contributed by atoms with Gasteiger partial charge in [-0.2, -0.15) is 0 Å². The van der Waals surface area contributed by atoms with E-state index >= 15 is 0 Å². The number of rotatable bonds is 4. The van der Waals surface area contributed by atoms with Crippen molar-refractivity contribution >= 4 is 17.5 Å². The average Bonchev–Trinajstić information content (AvgIpc) is 2.83. The van der Waals surface area contributed by atoms with Crippen LogP contribution in [-0.2, 0) is 4.74 Å². The van der Waals surface area contributed by atoms with E-state index < -0.39 is 0 Å².